The van der Waals surface area contributed by atoms with Crippen molar-refractivity contribution in [1.82, 2.24) is 0 Å². The fourth-order valence-electron chi connectivity index (χ4n) is 1.14. The lowest BCUT2D eigenvalue weighted by Crippen LogP contribution is -2.12. The molecule has 0 N–H and O–H groups in total. The van der Waals surface area contributed by atoms with E-state index in [0.29, 0.717) is 6.61 Å². The number of rotatable bonds is 9. The predicted octanol–water partition coefficient (Wildman–Crippen LogP) is 3.48. The molecule has 0 radical (unpaired) electrons. The van der Waals surface area contributed by atoms with E-state index in [1.54, 1.807) is 13.8 Å². The highest BCUT2D eigenvalue weighted by Gasteiger charge is 2.08. The van der Waals surface area contributed by atoms with Gasteiger partial charge < -0.3 is 0 Å². The summed E-state index contributed by atoms with van der Waals surface area (Å²) in [6.07, 6.45) is 7.23. The maximum absolute atomic E-state index is 11.0. The summed E-state index contributed by atoms with van der Waals surface area (Å²) >= 11 is 0. The summed E-state index contributed by atoms with van der Waals surface area (Å²) < 4.78 is 0. The third-order valence-corrected chi connectivity index (χ3v) is 2.19. The average Bonchev–Trinajstić information content (AvgIpc) is 2.21. The number of unbranched alkanes of at least 4 members (excludes halogenated alkanes) is 5. The molecule has 0 aromatic heterocycles. The van der Waals surface area contributed by atoms with Gasteiger partial charge in [-0.3, -0.25) is 4.89 Å². The molecule has 0 aromatic carbocycles. The Morgan fingerprint density at radius 1 is 1.07 bits per heavy atom. The maximum atomic E-state index is 11.0. The zero-order chi connectivity index (χ0) is 11.5. The fourth-order valence-corrected chi connectivity index (χ4v) is 1.14. The van der Waals surface area contributed by atoms with E-state index in [1.165, 1.54) is 25.7 Å². The molecule has 0 aliphatic rings. The molecule has 0 unspecified atom stereocenters. The van der Waals surface area contributed by atoms with Crippen LogP contribution in [0.4, 0.5) is 0 Å². The molecule has 0 aliphatic carbocycles. The van der Waals surface area contributed by atoms with Crippen molar-refractivity contribution in [2.24, 2.45) is 5.92 Å². The first-order valence-electron chi connectivity index (χ1n) is 6.01. The normalized spacial score (nSPS) is 10.7. The number of hydrogen-bond donors (Lipinski definition) is 0. The van der Waals surface area contributed by atoms with Gasteiger partial charge in [-0.05, 0) is 6.42 Å². The SMILES string of the molecule is CCCCCCCCOOC(=O)C(C)C. The third kappa shape index (κ3) is 9.73. The van der Waals surface area contributed by atoms with Crippen molar-refractivity contribution in [3.05, 3.63) is 0 Å². The van der Waals surface area contributed by atoms with Crippen LogP contribution in [0.3, 0.4) is 0 Å². The van der Waals surface area contributed by atoms with Gasteiger partial charge >= 0.3 is 5.97 Å². The molecule has 0 aromatic rings. The van der Waals surface area contributed by atoms with E-state index in [0.717, 1.165) is 12.8 Å². The Morgan fingerprint density at radius 2 is 1.67 bits per heavy atom. The molecule has 0 saturated carbocycles. The van der Waals surface area contributed by atoms with Crippen molar-refractivity contribution in [1.29, 1.82) is 0 Å². The summed E-state index contributed by atoms with van der Waals surface area (Å²) in [7, 11) is 0. The van der Waals surface area contributed by atoms with Crippen LogP contribution in [0.25, 0.3) is 0 Å². The van der Waals surface area contributed by atoms with Crippen LogP contribution in [-0.2, 0) is 14.6 Å². The minimum atomic E-state index is -0.291. The van der Waals surface area contributed by atoms with Crippen LogP contribution in [0.1, 0.15) is 59.3 Å². The van der Waals surface area contributed by atoms with Crippen molar-refractivity contribution < 1.29 is 14.6 Å². The summed E-state index contributed by atoms with van der Waals surface area (Å²) in [5.74, 6) is -0.407. The van der Waals surface area contributed by atoms with Gasteiger partial charge in [-0.1, -0.05) is 52.9 Å². The van der Waals surface area contributed by atoms with E-state index >= 15 is 0 Å². The van der Waals surface area contributed by atoms with Crippen molar-refractivity contribution in [3.63, 3.8) is 0 Å². The van der Waals surface area contributed by atoms with Gasteiger partial charge in [0.05, 0.1) is 12.5 Å². The summed E-state index contributed by atoms with van der Waals surface area (Å²) in [5.41, 5.74) is 0. The van der Waals surface area contributed by atoms with Crippen molar-refractivity contribution in [2.45, 2.75) is 59.3 Å². The lowest BCUT2D eigenvalue weighted by molar-refractivity contribution is -0.275. The molecule has 0 heterocycles. The molecule has 0 saturated heterocycles. The predicted molar refractivity (Wildman–Crippen MR) is 60.3 cm³/mol. The minimum Gasteiger partial charge on any atom is -0.298 e. The van der Waals surface area contributed by atoms with Gasteiger partial charge in [-0.2, -0.15) is 4.89 Å². The smallest absolute Gasteiger partial charge is 0.298 e. The first-order chi connectivity index (χ1) is 7.18. The average molecular weight is 216 g/mol. The van der Waals surface area contributed by atoms with Crippen LogP contribution < -0.4 is 0 Å². The van der Waals surface area contributed by atoms with Crippen LogP contribution >= 0.6 is 0 Å². The van der Waals surface area contributed by atoms with Gasteiger partial charge in [0.25, 0.3) is 0 Å². The Bertz CT molecular complexity index is 155. The molecule has 3 heteroatoms. The topological polar surface area (TPSA) is 35.5 Å². The van der Waals surface area contributed by atoms with Gasteiger partial charge in [-0.25, -0.2) is 4.79 Å². The van der Waals surface area contributed by atoms with E-state index in [2.05, 4.69) is 11.8 Å². The Labute approximate surface area is 93.1 Å². The standard InChI is InChI=1S/C12H24O3/c1-4-5-6-7-8-9-10-14-15-12(13)11(2)3/h11H,4-10H2,1-3H3. The molecule has 0 fully saturated rings. The molecule has 0 atom stereocenters. The number of hydrogen-bond acceptors (Lipinski definition) is 3. The molecule has 0 spiro atoms. The first-order valence-corrected chi connectivity index (χ1v) is 6.01. The van der Waals surface area contributed by atoms with E-state index in [4.69, 9.17) is 4.89 Å². The summed E-state index contributed by atoms with van der Waals surface area (Å²) in [5, 5.41) is 0. The van der Waals surface area contributed by atoms with Gasteiger partial charge in [0.2, 0.25) is 0 Å². The van der Waals surface area contributed by atoms with Gasteiger partial charge in [0, 0.05) is 0 Å². The van der Waals surface area contributed by atoms with E-state index in [1.807, 2.05) is 0 Å². The minimum absolute atomic E-state index is 0.116. The molecule has 3 nitrogen and oxygen atoms in total. The molecular formula is C12H24O3. The van der Waals surface area contributed by atoms with Gasteiger partial charge in [0.1, 0.15) is 0 Å². The molecule has 90 valence electrons. The highest BCUT2D eigenvalue weighted by Crippen LogP contribution is 2.05. The Kier molecular flexibility index (Phi) is 9.59. The van der Waals surface area contributed by atoms with Crippen LogP contribution in [0.5, 0.6) is 0 Å². The van der Waals surface area contributed by atoms with Crippen molar-refractivity contribution >= 4 is 5.97 Å². The Morgan fingerprint density at radius 3 is 2.27 bits per heavy atom. The van der Waals surface area contributed by atoms with Gasteiger partial charge in [0.15, 0.2) is 0 Å². The summed E-state index contributed by atoms with van der Waals surface area (Å²) in [6.45, 7) is 6.30. The molecule has 0 aliphatic heterocycles. The summed E-state index contributed by atoms with van der Waals surface area (Å²) in [4.78, 5) is 20.4. The number of carbonyl (C=O) groups excluding carboxylic acids is 1. The second-order valence-electron chi connectivity index (χ2n) is 4.15. The van der Waals surface area contributed by atoms with E-state index in [9.17, 15) is 4.79 Å². The first kappa shape index (κ1) is 14.4. The Hall–Kier alpha value is -0.570. The van der Waals surface area contributed by atoms with Crippen LogP contribution in [0.2, 0.25) is 0 Å². The highest BCUT2D eigenvalue weighted by atomic mass is 17.2. The second kappa shape index (κ2) is 9.97. The second-order valence-corrected chi connectivity index (χ2v) is 4.15. The third-order valence-electron chi connectivity index (χ3n) is 2.19. The zero-order valence-electron chi connectivity index (χ0n) is 10.3. The van der Waals surface area contributed by atoms with Crippen molar-refractivity contribution in [3.8, 4) is 0 Å². The molecule has 0 bridgehead atoms. The van der Waals surface area contributed by atoms with Crippen LogP contribution in [0, 0.1) is 5.92 Å². The number of carbonyl (C=O) groups is 1. The lowest BCUT2D eigenvalue weighted by Gasteiger charge is -2.05. The van der Waals surface area contributed by atoms with Crippen LogP contribution in [-0.4, -0.2) is 12.6 Å². The molecule has 0 rings (SSSR count). The van der Waals surface area contributed by atoms with Gasteiger partial charge in [-0.15, -0.1) is 0 Å². The van der Waals surface area contributed by atoms with E-state index in [-0.39, 0.29) is 11.9 Å². The monoisotopic (exact) mass is 216 g/mol. The Balaban J connectivity index is 3.08. The van der Waals surface area contributed by atoms with Crippen LogP contribution in [0.15, 0.2) is 0 Å². The van der Waals surface area contributed by atoms with E-state index < -0.39 is 0 Å². The lowest BCUT2D eigenvalue weighted by atomic mass is 10.1. The maximum Gasteiger partial charge on any atom is 0.344 e. The molecule has 0 amide bonds. The quantitative estimate of drug-likeness (QED) is 0.336. The summed E-state index contributed by atoms with van der Waals surface area (Å²) in [6, 6.07) is 0. The van der Waals surface area contributed by atoms with Crippen molar-refractivity contribution in [2.75, 3.05) is 6.61 Å². The molecular weight excluding hydrogens is 192 g/mol. The molecule has 15 heavy (non-hydrogen) atoms. The zero-order valence-corrected chi connectivity index (χ0v) is 10.3. The highest BCUT2D eigenvalue weighted by molar-refractivity contribution is 5.70. The fraction of sp³-hybridized carbons (Fsp3) is 0.917. The largest absolute Gasteiger partial charge is 0.344 e.